The highest BCUT2D eigenvalue weighted by atomic mass is 32.1. The molecule has 1 aliphatic carbocycles. The maximum absolute atomic E-state index is 9.40. The van der Waals surface area contributed by atoms with Crippen LogP contribution in [0.25, 0.3) is 11.6 Å². The number of allylic oxidation sites excluding steroid dienone is 1. The zero-order valence-corrected chi connectivity index (χ0v) is 12.3. The molecule has 1 aromatic heterocycles. The number of hydrogen-bond donors (Lipinski definition) is 0. The van der Waals surface area contributed by atoms with E-state index in [1.807, 2.05) is 36.4 Å². The normalized spacial score (nSPS) is 18.4. The van der Waals surface area contributed by atoms with Crippen LogP contribution in [0.5, 0.6) is 0 Å². The minimum atomic E-state index is 0.670. The van der Waals surface area contributed by atoms with Crippen LogP contribution >= 0.6 is 11.3 Å². The van der Waals surface area contributed by atoms with Crippen molar-refractivity contribution in [2.24, 2.45) is 5.92 Å². The van der Waals surface area contributed by atoms with Gasteiger partial charge >= 0.3 is 0 Å². The predicted molar refractivity (Wildman–Crippen MR) is 83.2 cm³/mol. The van der Waals surface area contributed by atoms with Crippen LogP contribution in [-0.2, 0) is 12.8 Å². The standard InChI is InChI=1S/C17H16N2S/c1-12-7-8-15-16(9-12)20-17(19-15)14(11-18)10-13-5-3-2-4-6-13/h2-6,10,12H,7-9H2,1H3/t12-/m1/s1. The molecule has 1 heterocycles. The van der Waals surface area contributed by atoms with Gasteiger partial charge in [0.1, 0.15) is 11.1 Å². The van der Waals surface area contributed by atoms with Gasteiger partial charge in [-0.15, -0.1) is 11.3 Å². The maximum atomic E-state index is 9.40. The lowest BCUT2D eigenvalue weighted by Crippen LogP contribution is -2.09. The van der Waals surface area contributed by atoms with E-state index in [2.05, 4.69) is 18.0 Å². The van der Waals surface area contributed by atoms with Gasteiger partial charge in [-0.1, -0.05) is 37.3 Å². The molecule has 20 heavy (non-hydrogen) atoms. The third-order valence-electron chi connectivity index (χ3n) is 3.65. The monoisotopic (exact) mass is 280 g/mol. The van der Waals surface area contributed by atoms with Gasteiger partial charge in [0.15, 0.2) is 0 Å². The highest BCUT2D eigenvalue weighted by Crippen LogP contribution is 2.32. The first-order valence-electron chi connectivity index (χ1n) is 6.92. The van der Waals surface area contributed by atoms with Gasteiger partial charge in [0, 0.05) is 4.88 Å². The van der Waals surface area contributed by atoms with Crippen molar-refractivity contribution in [1.82, 2.24) is 4.98 Å². The lowest BCUT2D eigenvalue weighted by atomic mass is 9.93. The largest absolute Gasteiger partial charge is 0.240 e. The molecule has 1 aliphatic rings. The third kappa shape index (κ3) is 2.66. The van der Waals surface area contributed by atoms with Crippen LogP contribution in [0.4, 0.5) is 0 Å². The van der Waals surface area contributed by atoms with Crippen LogP contribution in [-0.4, -0.2) is 4.98 Å². The van der Waals surface area contributed by atoms with Gasteiger partial charge in [-0.2, -0.15) is 5.26 Å². The first-order valence-corrected chi connectivity index (χ1v) is 7.73. The number of benzene rings is 1. The highest BCUT2D eigenvalue weighted by molar-refractivity contribution is 7.13. The summed E-state index contributed by atoms with van der Waals surface area (Å²) in [5.41, 5.74) is 2.92. The van der Waals surface area contributed by atoms with E-state index in [9.17, 15) is 5.26 Å². The van der Waals surface area contributed by atoms with Crippen molar-refractivity contribution in [3.8, 4) is 6.07 Å². The van der Waals surface area contributed by atoms with E-state index < -0.39 is 0 Å². The molecule has 0 fully saturated rings. The van der Waals surface area contributed by atoms with Gasteiger partial charge in [0.25, 0.3) is 0 Å². The molecule has 0 N–H and O–H groups in total. The molecular formula is C17H16N2S. The Balaban J connectivity index is 1.95. The van der Waals surface area contributed by atoms with Crippen molar-refractivity contribution < 1.29 is 0 Å². The molecular weight excluding hydrogens is 264 g/mol. The number of aryl methyl sites for hydroxylation is 1. The Kier molecular flexibility index (Phi) is 3.66. The SMILES string of the molecule is C[C@@H]1CCc2nc(C(C#N)=Cc3ccccc3)sc2C1. The van der Waals surface area contributed by atoms with E-state index in [1.165, 1.54) is 17.0 Å². The summed E-state index contributed by atoms with van der Waals surface area (Å²) in [7, 11) is 0. The molecule has 1 aromatic carbocycles. The average molecular weight is 280 g/mol. The number of hydrogen-bond acceptors (Lipinski definition) is 3. The Morgan fingerprint density at radius 1 is 1.40 bits per heavy atom. The first kappa shape index (κ1) is 13.1. The summed E-state index contributed by atoms with van der Waals surface area (Å²) in [5.74, 6) is 0.736. The molecule has 2 aromatic rings. The average Bonchev–Trinajstić information content (AvgIpc) is 2.88. The number of fused-ring (bicyclic) bond motifs is 1. The Bertz CT molecular complexity index is 677. The maximum Gasteiger partial charge on any atom is 0.134 e. The minimum absolute atomic E-state index is 0.670. The molecule has 2 nitrogen and oxygen atoms in total. The zero-order chi connectivity index (χ0) is 13.9. The molecule has 0 spiro atoms. The topological polar surface area (TPSA) is 36.7 Å². The zero-order valence-electron chi connectivity index (χ0n) is 11.5. The first-order chi connectivity index (χ1) is 9.76. The second-order valence-electron chi connectivity index (χ2n) is 5.32. The summed E-state index contributed by atoms with van der Waals surface area (Å²) in [4.78, 5) is 6.05. The second-order valence-corrected chi connectivity index (χ2v) is 6.40. The van der Waals surface area contributed by atoms with E-state index >= 15 is 0 Å². The van der Waals surface area contributed by atoms with Gasteiger partial charge < -0.3 is 0 Å². The summed E-state index contributed by atoms with van der Waals surface area (Å²) in [6.45, 7) is 2.29. The smallest absolute Gasteiger partial charge is 0.134 e. The molecule has 0 radical (unpaired) electrons. The van der Waals surface area contributed by atoms with Gasteiger partial charge in [-0.3, -0.25) is 0 Å². The Morgan fingerprint density at radius 3 is 2.95 bits per heavy atom. The fourth-order valence-electron chi connectivity index (χ4n) is 2.51. The Morgan fingerprint density at radius 2 is 2.20 bits per heavy atom. The lowest BCUT2D eigenvalue weighted by molar-refractivity contribution is 0.502. The van der Waals surface area contributed by atoms with Gasteiger partial charge in [0.05, 0.1) is 11.3 Å². The molecule has 100 valence electrons. The molecule has 0 saturated carbocycles. The molecule has 0 amide bonds. The van der Waals surface area contributed by atoms with Crippen molar-refractivity contribution >= 4 is 23.0 Å². The number of nitrogens with zero attached hydrogens (tertiary/aromatic N) is 2. The van der Waals surface area contributed by atoms with Crippen LogP contribution in [0.3, 0.4) is 0 Å². The molecule has 0 bridgehead atoms. The number of thiazole rings is 1. The van der Waals surface area contributed by atoms with E-state index in [0.717, 1.165) is 29.3 Å². The van der Waals surface area contributed by atoms with E-state index in [-0.39, 0.29) is 0 Å². The van der Waals surface area contributed by atoms with Gasteiger partial charge in [-0.25, -0.2) is 4.98 Å². The van der Waals surface area contributed by atoms with Crippen LogP contribution in [0, 0.1) is 17.2 Å². The Labute approximate surface area is 123 Å². The van der Waals surface area contributed by atoms with Crippen LogP contribution in [0.15, 0.2) is 30.3 Å². The summed E-state index contributed by atoms with van der Waals surface area (Å²) in [5, 5.41) is 10.3. The van der Waals surface area contributed by atoms with Gasteiger partial charge in [0.2, 0.25) is 0 Å². The molecule has 3 rings (SSSR count). The second kappa shape index (κ2) is 5.60. The summed E-state index contributed by atoms with van der Waals surface area (Å²) in [6, 6.07) is 12.3. The van der Waals surface area contributed by atoms with Gasteiger partial charge in [-0.05, 0) is 36.8 Å². The fraction of sp³-hybridized carbons (Fsp3) is 0.294. The quantitative estimate of drug-likeness (QED) is 0.768. The van der Waals surface area contributed by atoms with Crippen molar-refractivity contribution in [2.75, 3.05) is 0 Å². The van der Waals surface area contributed by atoms with Crippen molar-refractivity contribution in [3.05, 3.63) is 51.5 Å². The van der Waals surface area contributed by atoms with Crippen LogP contribution < -0.4 is 0 Å². The summed E-state index contributed by atoms with van der Waals surface area (Å²) < 4.78 is 0. The third-order valence-corrected chi connectivity index (χ3v) is 4.80. The Hall–Kier alpha value is -1.92. The molecule has 0 saturated heterocycles. The number of aromatic nitrogens is 1. The van der Waals surface area contributed by atoms with E-state index in [0.29, 0.717) is 5.57 Å². The molecule has 3 heteroatoms. The van der Waals surface area contributed by atoms with Crippen LogP contribution in [0.1, 0.15) is 34.5 Å². The summed E-state index contributed by atoms with van der Waals surface area (Å²) >= 11 is 1.69. The molecule has 0 unspecified atom stereocenters. The highest BCUT2D eigenvalue weighted by Gasteiger charge is 2.20. The fourth-order valence-corrected chi connectivity index (χ4v) is 3.75. The predicted octanol–water partition coefficient (Wildman–Crippen LogP) is 4.33. The van der Waals surface area contributed by atoms with Crippen molar-refractivity contribution in [2.45, 2.75) is 26.2 Å². The molecule has 0 aliphatic heterocycles. The van der Waals surface area contributed by atoms with Crippen LogP contribution in [0.2, 0.25) is 0 Å². The number of rotatable bonds is 2. The minimum Gasteiger partial charge on any atom is -0.240 e. The van der Waals surface area contributed by atoms with Crippen molar-refractivity contribution in [1.29, 1.82) is 5.26 Å². The van der Waals surface area contributed by atoms with Crippen molar-refractivity contribution in [3.63, 3.8) is 0 Å². The summed E-state index contributed by atoms with van der Waals surface area (Å²) in [6.07, 6.45) is 5.29. The number of nitriles is 1. The van der Waals surface area contributed by atoms with E-state index in [1.54, 1.807) is 11.3 Å². The van der Waals surface area contributed by atoms with E-state index in [4.69, 9.17) is 0 Å². The molecule has 1 atom stereocenters. The lowest BCUT2D eigenvalue weighted by Gasteiger charge is -2.15.